The first kappa shape index (κ1) is 25.4. The Kier molecular flexibility index (Phi) is 13.3. The number of hydrogen-bond donors (Lipinski definition) is 1. The van der Waals surface area contributed by atoms with Gasteiger partial charge in [-0.1, -0.05) is 0 Å². The van der Waals surface area contributed by atoms with Crippen LogP contribution in [0.2, 0.25) is 0 Å². The number of nitrogens with one attached hydrogen (secondary N) is 1. The maximum absolute atomic E-state index is 11.9. The summed E-state index contributed by atoms with van der Waals surface area (Å²) < 4.78 is 5.15. The Balaban J connectivity index is 0.00000625. The number of piperidine rings is 1. The van der Waals surface area contributed by atoms with Gasteiger partial charge in [0.25, 0.3) is 0 Å². The molecule has 1 saturated heterocycles. The van der Waals surface area contributed by atoms with E-state index in [1.807, 2.05) is 6.92 Å². The molecule has 1 rings (SSSR count). The van der Waals surface area contributed by atoms with E-state index in [4.69, 9.17) is 9.73 Å². The zero-order valence-corrected chi connectivity index (χ0v) is 19.8. The summed E-state index contributed by atoms with van der Waals surface area (Å²) in [6.07, 6.45) is 1.68. The quantitative estimate of drug-likeness (QED) is 0.250. The number of esters is 1. The van der Waals surface area contributed by atoms with Crippen LogP contribution in [0.3, 0.4) is 0 Å². The van der Waals surface area contributed by atoms with E-state index in [1.165, 1.54) is 0 Å². The van der Waals surface area contributed by atoms with Crippen LogP contribution in [0.15, 0.2) is 4.99 Å². The molecular formula is C19H39IN4O2. The van der Waals surface area contributed by atoms with Crippen molar-refractivity contribution in [1.29, 1.82) is 0 Å². The number of carbonyl (C=O) groups excluding carboxylic acids is 1. The van der Waals surface area contributed by atoms with Crippen molar-refractivity contribution in [2.75, 3.05) is 39.3 Å². The standard InChI is InChI=1S/C19H38N4O2.HI/c1-7-20-19(21-11-14-23(15(3)4)16(5)6)22-12-9-17(10-13-22)18(24)25-8-2;/h15-17H,7-14H2,1-6H3,(H,20,21);1H. The zero-order valence-electron chi connectivity index (χ0n) is 17.5. The molecule has 0 unspecified atom stereocenters. The van der Waals surface area contributed by atoms with Crippen molar-refractivity contribution in [3.05, 3.63) is 0 Å². The maximum atomic E-state index is 11.9. The molecule has 0 atom stereocenters. The lowest BCUT2D eigenvalue weighted by Crippen LogP contribution is -2.47. The van der Waals surface area contributed by atoms with Gasteiger partial charge in [0, 0.05) is 38.3 Å². The fourth-order valence-corrected chi connectivity index (χ4v) is 3.40. The second-order valence-corrected chi connectivity index (χ2v) is 7.17. The van der Waals surface area contributed by atoms with E-state index in [0.717, 1.165) is 51.5 Å². The van der Waals surface area contributed by atoms with Gasteiger partial charge in [-0.2, -0.15) is 0 Å². The number of nitrogens with zero attached hydrogens (tertiary/aromatic N) is 3. The number of guanidine groups is 1. The van der Waals surface area contributed by atoms with Gasteiger partial charge >= 0.3 is 5.97 Å². The minimum absolute atomic E-state index is 0. The molecule has 0 aliphatic carbocycles. The van der Waals surface area contributed by atoms with E-state index in [1.54, 1.807) is 0 Å². The maximum Gasteiger partial charge on any atom is 0.309 e. The van der Waals surface area contributed by atoms with Gasteiger partial charge in [0.05, 0.1) is 19.1 Å². The average molecular weight is 482 g/mol. The van der Waals surface area contributed by atoms with Crippen LogP contribution in [-0.2, 0) is 9.53 Å². The van der Waals surface area contributed by atoms with Gasteiger partial charge in [0.1, 0.15) is 0 Å². The second-order valence-electron chi connectivity index (χ2n) is 7.17. The fraction of sp³-hybridized carbons (Fsp3) is 0.895. The minimum Gasteiger partial charge on any atom is -0.466 e. The van der Waals surface area contributed by atoms with Gasteiger partial charge in [-0.3, -0.25) is 14.7 Å². The Labute approximate surface area is 177 Å². The number of hydrogen-bond acceptors (Lipinski definition) is 4. The van der Waals surface area contributed by atoms with Crippen molar-refractivity contribution in [3.8, 4) is 0 Å². The van der Waals surface area contributed by atoms with Crippen molar-refractivity contribution >= 4 is 35.9 Å². The lowest BCUT2D eigenvalue weighted by Gasteiger charge is -2.34. The number of halogens is 1. The molecule has 0 aromatic carbocycles. The van der Waals surface area contributed by atoms with Gasteiger partial charge < -0.3 is 15.0 Å². The van der Waals surface area contributed by atoms with Crippen molar-refractivity contribution in [2.45, 2.75) is 66.5 Å². The predicted octanol–water partition coefficient (Wildman–Crippen LogP) is 2.96. The molecule has 1 heterocycles. The van der Waals surface area contributed by atoms with E-state index in [0.29, 0.717) is 18.7 Å². The summed E-state index contributed by atoms with van der Waals surface area (Å²) in [5.74, 6) is 0.960. The molecule has 7 heteroatoms. The Morgan fingerprint density at radius 3 is 2.23 bits per heavy atom. The van der Waals surface area contributed by atoms with Crippen LogP contribution in [0.5, 0.6) is 0 Å². The van der Waals surface area contributed by atoms with Crippen LogP contribution in [0.4, 0.5) is 0 Å². The van der Waals surface area contributed by atoms with Crippen LogP contribution < -0.4 is 5.32 Å². The molecule has 0 amide bonds. The SMILES string of the molecule is CCNC(=NCCN(C(C)C)C(C)C)N1CCC(C(=O)OCC)CC1.I. The highest BCUT2D eigenvalue weighted by atomic mass is 127. The Morgan fingerprint density at radius 2 is 1.77 bits per heavy atom. The molecule has 0 radical (unpaired) electrons. The molecular weight excluding hydrogens is 443 g/mol. The lowest BCUT2D eigenvalue weighted by molar-refractivity contribution is -0.149. The molecule has 1 aliphatic heterocycles. The molecule has 0 bridgehead atoms. The second kappa shape index (κ2) is 13.6. The van der Waals surface area contributed by atoms with Gasteiger partial charge in [-0.05, 0) is 54.4 Å². The van der Waals surface area contributed by atoms with Crippen molar-refractivity contribution in [1.82, 2.24) is 15.1 Å². The summed E-state index contributed by atoms with van der Waals surface area (Å²) in [5, 5.41) is 3.39. The Bertz CT molecular complexity index is 414. The highest BCUT2D eigenvalue weighted by Gasteiger charge is 2.27. The van der Waals surface area contributed by atoms with Crippen LogP contribution in [0, 0.1) is 5.92 Å². The van der Waals surface area contributed by atoms with Gasteiger partial charge in [-0.15, -0.1) is 24.0 Å². The third-order valence-electron chi connectivity index (χ3n) is 4.70. The molecule has 6 nitrogen and oxygen atoms in total. The molecule has 26 heavy (non-hydrogen) atoms. The summed E-state index contributed by atoms with van der Waals surface area (Å²) >= 11 is 0. The van der Waals surface area contributed by atoms with Gasteiger partial charge in [0.2, 0.25) is 0 Å². The van der Waals surface area contributed by atoms with E-state index in [2.05, 4.69) is 49.7 Å². The smallest absolute Gasteiger partial charge is 0.309 e. The van der Waals surface area contributed by atoms with E-state index in [-0.39, 0.29) is 35.9 Å². The highest BCUT2D eigenvalue weighted by molar-refractivity contribution is 14.0. The average Bonchev–Trinajstić information content (AvgIpc) is 2.57. The molecule has 0 aromatic rings. The molecule has 0 saturated carbocycles. The first-order valence-electron chi connectivity index (χ1n) is 9.86. The summed E-state index contributed by atoms with van der Waals surface area (Å²) in [4.78, 5) is 21.4. The van der Waals surface area contributed by atoms with Crippen molar-refractivity contribution in [3.63, 3.8) is 0 Å². The van der Waals surface area contributed by atoms with E-state index in [9.17, 15) is 4.79 Å². The summed E-state index contributed by atoms with van der Waals surface area (Å²) in [7, 11) is 0. The number of rotatable bonds is 8. The molecule has 1 aliphatic rings. The first-order valence-corrected chi connectivity index (χ1v) is 9.86. The topological polar surface area (TPSA) is 57.2 Å². The van der Waals surface area contributed by atoms with E-state index >= 15 is 0 Å². The summed E-state index contributed by atoms with van der Waals surface area (Å²) in [6.45, 7) is 17.7. The largest absolute Gasteiger partial charge is 0.466 e. The molecule has 0 aromatic heterocycles. The number of ether oxygens (including phenoxy) is 1. The van der Waals surface area contributed by atoms with Gasteiger partial charge in [0.15, 0.2) is 5.96 Å². The first-order chi connectivity index (χ1) is 11.9. The number of carbonyl (C=O) groups is 1. The third-order valence-corrected chi connectivity index (χ3v) is 4.70. The number of likely N-dealkylation sites (tertiary alicyclic amines) is 1. The van der Waals surface area contributed by atoms with Crippen LogP contribution in [0.25, 0.3) is 0 Å². The molecule has 154 valence electrons. The molecule has 0 spiro atoms. The molecule has 1 fully saturated rings. The van der Waals surface area contributed by atoms with Crippen molar-refractivity contribution in [2.24, 2.45) is 10.9 Å². The van der Waals surface area contributed by atoms with Crippen LogP contribution in [0.1, 0.15) is 54.4 Å². The Hall–Kier alpha value is -0.570. The Morgan fingerprint density at radius 1 is 1.19 bits per heavy atom. The van der Waals surface area contributed by atoms with Gasteiger partial charge in [-0.25, -0.2) is 0 Å². The van der Waals surface area contributed by atoms with Crippen LogP contribution >= 0.6 is 24.0 Å². The number of aliphatic imine (C=N–C) groups is 1. The van der Waals surface area contributed by atoms with E-state index < -0.39 is 0 Å². The zero-order chi connectivity index (χ0) is 18.8. The highest BCUT2D eigenvalue weighted by Crippen LogP contribution is 2.18. The van der Waals surface area contributed by atoms with Crippen LogP contribution in [-0.4, -0.2) is 73.1 Å². The third kappa shape index (κ3) is 8.41. The summed E-state index contributed by atoms with van der Waals surface area (Å²) in [5.41, 5.74) is 0. The monoisotopic (exact) mass is 482 g/mol. The summed E-state index contributed by atoms with van der Waals surface area (Å²) in [6, 6.07) is 1.05. The molecule has 1 N–H and O–H groups in total. The fourth-order valence-electron chi connectivity index (χ4n) is 3.40. The minimum atomic E-state index is -0.0476. The lowest BCUT2D eigenvalue weighted by atomic mass is 9.97. The predicted molar refractivity (Wildman–Crippen MR) is 119 cm³/mol. The normalized spacial score (nSPS) is 16.2. The van der Waals surface area contributed by atoms with Crippen molar-refractivity contribution < 1.29 is 9.53 Å².